The minimum Gasteiger partial charge on any atom is -0.508 e. The van der Waals surface area contributed by atoms with Crippen LogP contribution in [0.3, 0.4) is 0 Å². The van der Waals surface area contributed by atoms with Crippen molar-refractivity contribution >= 4 is 29.0 Å². The molecule has 1 amide bonds. The topological polar surface area (TPSA) is 188 Å². The van der Waals surface area contributed by atoms with Gasteiger partial charge in [-0.05, 0) is 60.4 Å². The third-order valence-corrected chi connectivity index (χ3v) is 8.22. The number of aliphatic hydroxyl groups excluding tert-OH is 2. The Morgan fingerprint density at radius 3 is 2.54 bits per heavy atom. The van der Waals surface area contributed by atoms with Gasteiger partial charge in [0.2, 0.25) is 5.78 Å². The SMILES string of the molecule is CCc1cc(CCC(=O)c2cccnc2)c(O)c2c1C[C@H]1C[C@H]3CC(=O)C(C(N)=O)=C(O)[C@@]3(O)C(=O)C1=C2O. The van der Waals surface area contributed by atoms with Crippen LogP contribution < -0.4 is 5.73 Å². The lowest BCUT2D eigenvalue weighted by Crippen LogP contribution is -2.58. The molecule has 0 saturated heterocycles. The fraction of sp³-hybridized carbons (Fsp3) is 0.345. The van der Waals surface area contributed by atoms with Gasteiger partial charge in [0, 0.05) is 42.3 Å². The number of hydrogen-bond donors (Lipinski definition) is 5. The highest BCUT2D eigenvalue weighted by Gasteiger charge is 2.60. The number of aryl methyl sites for hydroxylation is 2. The molecular weight excluding hydrogens is 504 g/mol. The predicted octanol–water partition coefficient (Wildman–Crippen LogP) is 2.20. The van der Waals surface area contributed by atoms with Gasteiger partial charge in [0.05, 0.1) is 5.56 Å². The molecule has 10 nitrogen and oxygen atoms in total. The number of primary amides is 1. The largest absolute Gasteiger partial charge is 0.508 e. The van der Waals surface area contributed by atoms with E-state index in [1.165, 1.54) is 6.20 Å². The summed E-state index contributed by atoms with van der Waals surface area (Å²) in [6, 6.07) is 5.09. The maximum absolute atomic E-state index is 13.7. The first-order valence-electron chi connectivity index (χ1n) is 12.8. The number of aromatic hydroxyl groups is 1. The Balaban J connectivity index is 1.58. The summed E-state index contributed by atoms with van der Waals surface area (Å²) in [5, 5.41) is 44.7. The number of phenolic OH excluding ortho intramolecular Hbond substituents is 1. The summed E-state index contributed by atoms with van der Waals surface area (Å²) in [4.78, 5) is 54.6. The fourth-order valence-corrected chi connectivity index (χ4v) is 6.25. The van der Waals surface area contributed by atoms with Crippen LogP contribution in [0.2, 0.25) is 0 Å². The minimum absolute atomic E-state index is 0.0466. The average Bonchev–Trinajstić information content (AvgIpc) is 2.90. The molecule has 1 heterocycles. The number of benzene rings is 1. The first kappa shape index (κ1) is 26.3. The van der Waals surface area contributed by atoms with Crippen molar-refractivity contribution in [3.05, 3.63) is 75.3 Å². The van der Waals surface area contributed by atoms with Crippen molar-refractivity contribution in [1.82, 2.24) is 4.98 Å². The van der Waals surface area contributed by atoms with E-state index in [0.717, 1.165) is 5.56 Å². The number of phenols is 1. The van der Waals surface area contributed by atoms with Gasteiger partial charge in [0.25, 0.3) is 5.91 Å². The molecular formula is C29H28N2O8. The molecule has 1 aromatic carbocycles. The lowest BCUT2D eigenvalue weighted by atomic mass is 9.59. The summed E-state index contributed by atoms with van der Waals surface area (Å²) < 4.78 is 0. The molecule has 0 radical (unpaired) electrons. The van der Waals surface area contributed by atoms with Gasteiger partial charge in [0.1, 0.15) is 22.8 Å². The minimum atomic E-state index is -2.60. The first-order valence-corrected chi connectivity index (χ1v) is 12.8. The number of pyridine rings is 1. The standard InChI is InChI=1S/C29H28N2O8/c1-2-13-8-14(5-6-19(32)15-4-3-7-31-12-15)24(34)22-18(13)10-16-9-17-11-20(33)23(28(30)38)27(37)29(17,39)26(36)21(16)25(22)35/h3-4,7-8,12,16-17,34-35,37,39H,2,5-6,9-11H2,1H3,(H2,30,38)/t16-,17+,29+/m1/s1. The normalized spacial score (nSPS) is 24.3. The van der Waals surface area contributed by atoms with Gasteiger partial charge in [-0.15, -0.1) is 0 Å². The highest BCUT2D eigenvalue weighted by atomic mass is 16.3. The fourth-order valence-electron chi connectivity index (χ4n) is 6.25. The molecule has 3 atom stereocenters. The lowest BCUT2D eigenvalue weighted by Gasteiger charge is -2.46. The van der Waals surface area contributed by atoms with E-state index in [-0.39, 0.29) is 54.8 Å². The van der Waals surface area contributed by atoms with Gasteiger partial charge < -0.3 is 26.2 Å². The van der Waals surface area contributed by atoms with Crippen LogP contribution in [0.4, 0.5) is 0 Å². The number of Topliss-reactive ketones (excluding diaryl/α,β-unsaturated/α-hetero) is 3. The van der Waals surface area contributed by atoms with Crippen LogP contribution in [-0.4, -0.2) is 54.3 Å². The van der Waals surface area contributed by atoms with Crippen LogP contribution in [-0.2, 0) is 33.6 Å². The zero-order valence-electron chi connectivity index (χ0n) is 21.2. The highest BCUT2D eigenvalue weighted by Crippen LogP contribution is 2.52. The molecule has 1 saturated carbocycles. The summed E-state index contributed by atoms with van der Waals surface area (Å²) in [5.41, 5.74) is 3.97. The van der Waals surface area contributed by atoms with Crippen molar-refractivity contribution in [3.63, 3.8) is 0 Å². The Morgan fingerprint density at radius 1 is 1.15 bits per heavy atom. The maximum Gasteiger partial charge on any atom is 0.255 e. The Labute approximate surface area is 223 Å². The summed E-state index contributed by atoms with van der Waals surface area (Å²) in [5.74, 6) is -6.74. The lowest BCUT2D eigenvalue weighted by molar-refractivity contribution is -0.147. The third-order valence-electron chi connectivity index (χ3n) is 8.22. The van der Waals surface area contributed by atoms with Crippen molar-refractivity contribution in [2.45, 2.75) is 51.0 Å². The van der Waals surface area contributed by atoms with Crippen LogP contribution in [0.25, 0.3) is 5.76 Å². The second-order valence-electron chi connectivity index (χ2n) is 10.3. The van der Waals surface area contributed by atoms with Crippen molar-refractivity contribution < 1.29 is 39.6 Å². The molecule has 1 aromatic heterocycles. The molecule has 3 aliphatic carbocycles. The number of ketones is 3. The van der Waals surface area contributed by atoms with Gasteiger partial charge in [-0.3, -0.25) is 24.2 Å². The van der Waals surface area contributed by atoms with Gasteiger partial charge in [0.15, 0.2) is 17.2 Å². The number of amides is 1. The van der Waals surface area contributed by atoms with Crippen LogP contribution in [0.5, 0.6) is 5.75 Å². The van der Waals surface area contributed by atoms with Gasteiger partial charge in [-0.2, -0.15) is 0 Å². The summed E-state index contributed by atoms with van der Waals surface area (Å²) in [6.07, 6.45) is 3.77. The number of fused-ring (bicyclic) bond motifs is 3. The molecule has 3 aliphatic rings. The van der Waals surface area contributed by atoms with Gasteiger partial charge >= 0.3 is 0 Å². The van der Waals surface area contributed by atoms with Gasteiger partial charge in [-0.25, -0.2) is 0 Å². The molecule has 0 bridgehead atoms. The second kappa shape index (κ2) is 9.46. The second-order valence-corrected chi connectivity index (χ2v) is 10.3. The van der Waals surface area contributed by atoms with Crippen molar-refractivity contribution in [2.75, 3.05) is 0 Å². The molecule has 39 heavy (non-hydrogen) atoms. The highest BCUT2D eigenvalue weighted by molar-refractivity contribution is 6.22. The average molecular weight is 533 g/mol. The Kier molecular flexibility index (Phi) is 6.38. The molecule has 10 heteroatoms. The predicted molar refractivity (Wildman–Crippen MR) is 138 cm³/mol. The number of aliphatic hydroxyl groups is 3. The van der Waals surface area contributed by atoms with E-state index in [4.69, 9.17) is 5.73 Å². The number of carbonyl (C=O) groups excluding carboxylic acids is 4. The van der Waals surface area contributed by atoms with Crippen molar-refractivity contribution in [3.8, 4) is 5.75 Å². The van der Waals surface area contributed by atoms with E-state index in [9.17, 15) is 39.6 Å². The van der Waals surface area contributed by atoms with E-state index in [2.05, 4.69) is 4.98 Å². The quantitative estimate of drug-likeness (QED) is 0.274. The summed E-state index contributed by atoms with van der Waals surface area (Å²) in [6.45, 7) is 1.91. The van der Waals surface area contributed by atoms with Crippen LogP contribution in [0.1, 0.15) is 58.8 Å². The van der Waals surface area contributed by atoms with E-state index in [1.807, 2.05) is 6.92 Å². The molecule has 0 spiro atoms. The molecule has 5 rings (SSSR count). The zero-order valence-corrected chi connectivity index (χ0v) is 21.2. The van der Waals surface area contributed by atoms with Crippen LogP contribution >= 0.6 is 0 Å². The Bertz CT molecular complexity index is 1510. The number of rotatable bonds is 6. The summed E-state index contributed by atoms with van der Waals surface area (Å²) in [7, 11) is 0. The smallest absolute Gasteiger partial charge is 0.255 e. The number of nitrogens with two attached hydrogens (primary N) is 1. The molecule has 2 aromatic rings. The number of aromatic nitrogens is 1. The van der Waals surface area contributed by atoms with E-state index < -0.39 is 52.0 Å². The van der Waals surface area contributed by atoms with E-state index >= 15 is 0 Å². The number of carbonyl (C=O) groups is 4. The molecule has 6 N–H and O–H groups in total. The van der Waals surface area contributed by atoms with Crippen LogP contribution in [0.15, 0.2) is 47.5 Å². The Hall–Kier alpha value is -4.31. The molecule has 202 valence electrons. The molecule has 0 unspecified atom stereocenters. The maximum atomic E-state index is 13.7. The number of nitrogens with zero attached hydrogens (tertiary/aromatic N) is 1. The molecule has 1 fully saturated rings. The monoisotopic (exact) mass is 532 g/mol. The van der Waals surface area contributed by atoms with Crippen molar-refractivity contribution in [1.29, 1.82) is 0 Å². The van der Waals surface area contributed by atoms with Gasteiger partial charge in [-0.1, -0.05) is 13.0 Å². The van der Waals surface area contributed by atoms with E-state index in [0.29, 0.717) is 23.1 Å². The van der Waals surface area contributed by atoms with E-state index in [1.54, 1.807) is 24.4 Å². The zero-order chi connectivity index (χ0) is 28.2. The third kappa shape index (κ3) is 3.94. The number of hydrogen-bond acceptors (Lipinski definition) is 9. The molecule has 0 aliphatic heterocycles. The van der Waals surface area contributed by atoms with Crippen molar-refractivity contribution in [2.24, 2.45) is 17.6 Å². The summed E-state index contributed by atoms with van der Waals surface area (Å²) >= 11 is 0. The Morgan fingerprint density at radius 2 is 1.90 bits per heavy atom. The first-order chi connectivity index (χ1) is 18.5. The van der Waals surface area contributed by atoms with Crippen LogP contribution in [0, 0.1) is 11.8 Å².